The van der Waals surface area contributed by atoms with Crippen LogP contribution in [0.4, 0.5) is 18.9 Å². The van der Waals surface area contributed by atoms with E-state index < -0.39 is 39.7 Å². The maximum atomic E-state index is 13.7. The van der Waals surface area contributed by atoms with Gasteiger partial charge in [0.05, 0.1) is 16.1 Å². The molecule has 2 N–H and O–H groups in total. The second-order valence-corrected chi connectivity index (χ2v) is 10.3. The second-order valence-electron chi connectivity index (χ2n) is 8.51. The maximum absolute atomic E-state index is 13.7. The highest BCUT2D eigenvalue weighted by Gasteiger charge is 2.42. The summed E-state index contributed by atoms with van der Waals surface area (Å²) < 4.78 is 68.8. The third kappa shape index (κ3) is 5.46. The zero-order chi connectivity index (χ0) is 26.8. The number of carboxylic acids is 1. The van der Waals surface area contributed by atoms with Crippen molar-refractivity contribution in [1.82, 2.24) is 5.32 Å². The number of amides is 1. The Labute approximate surface area is 211 Å². The Hall–Kier alpha value is -3.86. The second kappa shape index (κ2) is 10.3. The van der Waals surface area contributed by atoms with Crippen molar-refractivity contribution < 1.29 is 36.3 Å². The summed E-state index contributed by atoms with van der Waals surface area (Å²) in [4.78, 5) is 23.5. The predicted molar refractivity (Wildman–Crippen MR) is 130 cm³/mol. The van der Waals surface area contributed by atoms with Gasteiger partial charge in [0.1, 0.15) is 6.04 Å². The molecule has 3 aromatic carbocycles. The van der Waals surface area contributed by atoms with E-state index >= 15 is 0 Å². The monoisotopic (exact) mass is 532 g/mol. The lowest BCUT2D eigenvalue weighted by Crippen LogP contribution is -2.48. The minimum absolute atomic E-state index is 0.0686. The van der Waals surface area contributed by atoms with Gasteiger partial charge in [-0.05, 0) is 47.4 Å². The highest BCUT2D eigenvalue weighted by Crippen LogP contribution is 2.39. The number of hydrogen-bond donors (Lipinski definition) is 2. The van der Waals surface area contributed by atoms with Gasteiger partial charge in [-0.3, -0.25) is 13.9 Å². The minimum Gasteiger partial charge on any atom is -0.481 e. The molecule has 1 aliphatic heterocycles. The first-order valence-electron chi connectivity index (χ1n) is 11.4. The molecule has 11 heteroatoms. The van der Waals surface area contributed by atoms with E-state index in [4.69, 9.17) is 5.11 Å². The van der Waals surface area contributed by atoms with Gasteiger partial charge in [0, 0.05) is 19.4 Å². The van der Waals surface area contributed by atoms with E-state index in [0.717, 1.165) is 10.4 Å². The number of halogens is 3. The third-order valence-corrected chi connectivity index (χ3v) is 7.89. The van der Waals surface area contributed by atoms with Crippen molar-refractivity contribution >= 4 is 27.6 Å². The molecule has 0 spiro atoms. The fourth-order valence-corrected chi connectivity index (χ4v) is 5.97. The topological polar surface area (TPSA) is 104 Å². The summed E-state index contributed by atoms with van der Waals surface area (Å²) in [6.07, 6.45) is -4.41. The number of nitrogens with one attached hydrogen (secondary N) is 1. The van der Waals surface area contributed by atoms with E-state index in [1.807, 2.05) is 0 Å². The summed E-state index contributed by atoms with van der Waals surface area (Å²) in [5, 5.41) is 11.4. The Bertz CT molecular complexity index is 1420. The first kappa shape index (κ1) is 26.2. The zero-order valence-electron chi connectivity index (χ0n) is 19.4. The average molecular weight is 533 g/mol. The Morgan fingerprint density at radius 2 is 1.62 bits per heavy atom. The molecule has 1 atom stereocenters. The molecule has 0 saturated heterocycles. The van der Waals surface area contributed by atoms with Gasteiger partial charge in [0.25, 0.3) is 10.0 Å². The number of rotatable bonds is 8. The van der Waals surface area contributed by atoms with Crippen molar-refractivity contribution in [2.75, 3.05) is 10.8 Å². The average Bonchev–Trinajstić information content (AvgIpc) is 3.27. The molecule has 37 heavy (non-hydrogen) atoms. The summed E-state index contributed by atoms with van der Waals surface area (Å²) in [7, 11) is -4.27. The van der Waals surface area contributed by atoms with Crippen molar-refractivity contribution in [2.24, 2.45) is 0 Å². The van der Waals surface area contributed by atoms with Crippen LogP contribution >= 0.6 is 0 Å². The van der Waals surface area contributed by atoms with E-state index in [0.29, 0.717) is 11.3 Å². The Kier molecular flexibility index (Phi) is 7.26. The van der Waals surface area contributed by atoms with Crippen LogP contribution in [0, 0.1) is 0 Å². The normalized spacial score (nSPS) is 15.3. The number of carbonyl (C=O) groups excluding carboxylic acids is 1. The fourth-order valence-electron chi connectivity index (χ4n) is 4.32. The molecule has 4 rings (SSSR count). The summed E-state index contributed by atoms with van der Waals surface area (Å²) in [6.45, 7) is 0.0686. The van der Waals surface area contributed by atoms with Crippen LogP contribution in [0.5, 0.6) is 0 Å². The standard InChI is InChI=1S/C26H23F3N2O5S/c27-26(28,29)21-8-3-2-7-20(21)17-11-13-19(14-12-17)37(35,36)31-22-9-4-1-6-18(22)16-23(31)25(34)30-15-5-10-24(32)33/h1-4,6-9,11-14,23H,5,10,15-16H2,(H,30,34)(H,32,33)/t23-/m0/s1. The molecular weight excluding hydrogens is 509 g/mol. The number of hydrogen-bond acceptors (Lipinski definition) is 4. The van der Waals surface area contributed by atoms with Crippen LogP contribution in [0.2, 0.25) is 0 Å². The van der Waals surface area contributed by atoms with Crippen LogP contribution in [0.3, 0.4) is 0 Å². The summed E-state index contributed by atoms with van der Waals surface area (Å²) in [6, 6.07) is 15.6. The molecule has 3 aromatic rings. The molecule has 0 aromatic heterocycles. The van der Waals surface area contributed by atoms with Crippen molar-refractivity contribution in [2.45, 2.75) is 36.4 Å². The Balaban J connectivity index is 1.65. The number of para-hydroxylation sites is 1. The molecule has 7 nitrogen and oxygen atoms in total. The largest absolute Gasteiger partial charge is 0.481 e. The number of carbonyl (C=O) groups is 2. The number of benzene rings is 3. The quantitative estimate of drug-likeness (QED) is 0.417. The van der Waals surface area contributed by atoms with Gasteiger partial charge < -0.3 is 10.4 Å². The summed E-state index contributed by atoms with van der Waals surface area (Å²) in [5.41, 5.74) is 0.261. The van der Waals surface area contributed by atoms with Crippen LogP contribution in [-0.4, -0.2) is 38.0 Å². The fraction of sp³-hybridized carbons (Fsp3) is 0.231. The van der Waals surface area contributed by atoms with E-state index in [1.165, 1.54) is 42.5 Å². The maximum Gasteiger partial charge on any atom is 0.417 e. The smallest absolute Gasteiger partial charge is 0.417 e. The van der Waals surface area contributed by atoms with Gasteiger partial charge in [-0.15, -0.1) is 0 Å². The highest BCUT2D eigenvalue weighted by atomic mass is 32.2. The Morgan fingerprint density at radius 3 is 2.30 bits per heavy atom. The van der Waals surface area contributed by atoms with E-state index in [9.17, 15) is 31.2 Å². The third-order valence-electron chi connectivity index (χ3n) is 6.05. The number of aliphatic carboxylic acids is 1. The molecule has 0 bridgehead atoms. The molecule has 194 valence electrons. The SMILES string of the molecule is O=C(O)CCCNC(=O)[C@@H]1Cc2ccccc2N1S(=O)(=O)c1ccc(-c2ccccc2C(F)(F)F)cc1. The van der Waals surface area contributed by atoms with Crippen molar-refractivity contribution in [3.8, 4) is 11.1 Å². The van der Waals surface area contributed by atoms with Gasteiger partial charge in [0.2, 0.25) is 5.91 Å². The lowest BCUT2D eigenvalue weighted by Gasteiger charge is -2.26. The first-order chi connectivity index (χ1) is 17.5. The highest BCUT2D eigenvalue weighted by molar-refractivity contribution is 7.93. The number of fused-ring (bicyclic) bond motifs is 1. The molecular formula is C26H23F3N2O5S. The van der Waals surface area contributed by atoms with Crippen molar-refractivity contribution in [3.63, 3.8) is 0 Å². The number of nitrogens with zero attached hydrogens (tertiary/aromatic N) is 1. The van der Waals surface area contributed by atoms with E-state index in [-0.39, 0.29) is 41.8 Å². The van der Waals surface area contributed by atoms with Gasteiger partial charge >= 0.3 is 12.1 Å². The molecule has 0 radical (unpaired) electrons. The van der Waals surface area contributed by atoms with Gasteiger partial charge in [0.15, 0.2) is 0 Å². The van der Waals surface area contributed by atoms with Crippen molar-refractivity contribution in [1.29, 1.82) is 0 Å². The van der Waals surface area contributed by atoms with Crippen LogP contribution in [0.1, 0.15) is 24.0 Å². The molecule has 0 fully saturated rings. The van der Waals surface area contributed by atoms with Crippen LogP contribution in [-0.2, 0) is 32.2 Å². The summed E-state index contributed by atoms with van der Waals surface area (Å²) in [5.74, 6) is -1.58. The summed E-state index contributed by atoms with van der Waals surface area (Å²) >= 11 is 0. The van der Waals surface area contributed by atoms with Gasteiger partial charge in [-0.25, -0.2) is 8.42 Å². The molecule has 0 saturated carbocycles. The van der Waals surface area contributed by atoms with Gasteiger partial charge in [-0.1, -0.05) is 48.5 Å². The lowest BCUT2D eigenvalue weighted by molar-refractivity contribution is -0.138. The number of carboxylic acid groups (broad SMARTS) is 1. The molecule has 1 aliphatic rings. The molecule has 0 aliphatic carbocycles. The number of alkyl halides is 3. The number of sulfonamides is 1. The molecule has 1 amide bonds. The van der Waals surface area contributed by atoms with Crippen molar-refractivity contribution in [3.05, 3.63) is 83.9 Å². The van der Waals surface area contributed by atoms with Crippen LogP contribution in [0.15, 0.2) is 77.7 Å². The first-order valence-corrected chi connectivity index (χ1v) is 12.8. The van der Waals surface area contributed by atoms with Crippen LogP contribution < -0.4 is 9.62 Å². The number of anilines is 1. The van der Waals surface area contributed by atoms with E-state index in [2.05, 4.69) is 5.32 Å². The molecule has 1 heterocycles. The Morgan fingerprint density at radius 1 is 0.973 bits per heavy atom. The zero-order valence-corrected chi connectivity index (χ0v) is 20.2. The molecule has 0 unspecified atom stereocenters. The van der Waals surface area contributed by atoms with E-state index in [1.54, 1.807) is 24.3 Å². The van der Waals surface area contributed by atoms with Gasteiger partial charge in [-0.2, -0.15) is 13.2 Å². The predicted octanol–water partition coefficient (Wildman–Crippen LogP) is 4.47. The van der Waals surface area contributed by atoms with Crippen LogP contribution in [0.25, 0.3) is 11.1 Å². The minimum atomic E-state index is -4.58. The lowest BCUT2D eigenvalue weighted by atomic mass is 9.99.